The van der Waals surface area contributed by atoms with Gasteiger partial charge in [-0.1, -0.05) is 0 Å². The maximum atomic E-state index is 12.8. The fraction of sp³-hybridized carbons (Fsp3) is 0.867. The maximum Gasteiger partial charge on any atom is 0.248 e. The van der Waals surface area contributed by atoms with Gasteiger partial charge in [0, 0.05) is 38.9 Å². The monoisotopic (exact) mass is 330 g/mol. The molecule has 1 unspecified atom stereocenters. The molecule has 3 aliphatic rings. The topological polar surface area (TPSA) is 49.9 Å². The fourth-order valence-corrected chi connectivity index (χ4v) is 4.81. The van der Waals surface area contributed by atoms with E-state index in [2.05, 4.69) is 0 Å². The Hall–Kier alpha value is -0.820. The molecule has 0 radical (unpaired) electrons. The summed E-state index contributed by atoms with van der Waals surface area (Å²) < 4.78 is 18.6. The summed E-state index contributed by atoms with van der Waals surface area (Å²) in [6.07, 6.45) is 0.988. The number of carbonyl (C=O) groups is 2. The minimum absolute atomic E-state index is 0.0258. The Labute approximate surface area is 134 Å². The third-order valence-electron chi connectivity index (χ3n) is 4.82. The molecule has 3 fully saturated rings. The Morgan fingerprint density at radius 1 is 1.36 bits per heavy atom. The minimum atomic E-state index is -0.781. The molecule has 1 atom stereocenters. The van der Waals surface area contributed by atoms with Gasteiger partial charge in [-0.05, 0) is 19.3 Å². The summed E-state index contributed by atoms with van der Waals surface area (Å²) in [5, 5.41) is 0. The van der Waals surface area contributed by atoms with E-state index in [4.69, 9.17) is 4.74 Å². The van der Waals surface area contributed by atoms with Gasteiger partial charge in [-0.2, -0.15) is 0 Å². The van der Waals surface area contributed by atoms with Gasteiger partial charge in [0.2, 0.25) is 11.8 Å². The van der Waals surface area contributed by atoms with Crippen LogP contribution in [-0.4, -0.2) is 78.2 Å². The number of carbonyl (C=O) groups excluding carboxylic acids is 2. The van der Waals surface area contributed by atoms with E-state index >= 15 is 0 Å². The summed E-state index contributed by atoms with van der Waals surface area (Å²) >= 11 is 1.84. The van der Waals surface area contributed by atoms with Crippen molar-refractivity contribution in [3.05, 3.63) is 0 Å². The normalized spacial score (nSPS) is 32.5. The van der Waals surface area contributed by atoms with Crippen LogP contribution in [0.3, 0.4) is 0 Å². The van der Waals surface area contributed by atoms with Gasteiger partial charge in [0.25, 0.3) is 0 Å². The van der Waals surface area contributed by atoms with Gasteiger partial charge >= 0.3 is 0 Å². The Balaban J connectivity index is 1.40. The Morgan fingerprint density at radius 2 is 2.05 bits per heavy atom. The number of thioether (sulfide) groups is 1. The third kappa shape index (κ3) is 3.11. The molecular formula is C15H23FN2O3S. The number of alkyl halides is 1. The van der Waals surface area contributed by atoms with Gasteiger partial charge in [0.1, 0.15) is 12.8 Å². The second-order valence-corrected chi connectivity index (χ2v) is 8.37. The van der Waals surface area contributed by atoms with Crippen molar-refractivity contribution in [3.8, 4) is 0 Å². The second-order valence-electron chi connectivity index (χ2n) is 6.88. The van der Waals surface area contributed by atoms with Crippen molar-refractivity contribution >= 4 is 23.6 Å². The van der Waals surface area contributed by atoms with Crippen LogP contribution >= 0.6 is 11.8 Å². The Bertz CT molecular complexity index is 462. The van der Waals surface area contributed by atoms with E-state index in [1.165, 1.54) is 4.90 Å². The van der Waals surface area contributed by atoms with Gasteiger partial charge in [-0.15, -0.1) is 11.8 Å². The zero-order chi connectivity index (χ0) is 15.9. The fourth-order valence-electron chi connectivity index (χ4n) is 3.26. The average Bonchev–Trinajstić information content (AvgIpc) is 2.83. The molecule has 2 aliphatic heterocycles. The van der Waals surface area contributed by atoms with Crippen molar-refractivity contribution in [2.75, 3.05) is 39.5 Å². The molecule has 1 aliphatic carbocycles. The molecule has 1 spiro atoms. The van der Waals surface area contributed by atoms with Crippen LogP contribution in [0.15, 0.2) is 0 Å². The van der Waals surface area contributed by atoms with E-state index in [0.29, 0.717) is 12.8 Å². The lowest BCUT2D eigenvalue weighted by molar-refractivity contribution is -0.146. The molecule has 1 saturated carbocycles. The third-order valence-corrected chi connectivity index (χ3v) is 6.39. The first-order chi connectivity index (χ1) is 10.4. The van der Waals surface area contributed by atoms with E-state index in [1.807, 2.05) is 16.7 Å². The summed E-state index contributed by atoms with van der Waals surface area (Å²) in [4.78, 5) is 27.1. The molecule has 0 aromatic heterocycles. The van der Waals surface area contributed by atoms with Crippen molar-refractivity contribution in [3.63, 3.8) is 0 Å². The number of nitrogens with zero attached hydrogens (tertiary/aromatic N) is 2. The van der Waals surface area contributed by atoms with E-state index in [9.17, 15) is 14.0 Å². The number of likely N-dealkylation sites (N-methyl/N-ethyl adjacent to an activating group) is 1. The van der Waals surface area contributed by atoms with Crippen molar-refractivity contribution in [2.24, 2.45) is 5.92 Å². The van der Waals surface area contributed by atoms with Crippen LogP contribution in [0.1, 0.15) is 19.3 Å². The number of ether oxygens (including phenoxy) is 1. The quantitative estimate of drug-likeness (QED) is 0.769. The summed E-state index contributed by atoms with van der Waals surface area (Å²) in [7, 11) is 3.43. The molecule has 0 N–H and O–H groups in total. The largest absolute Gasteiger partial charge is 0.367 e. The van der Waals surface area contributed by atoms with Gasteiger partial charge in [-0.25, -0.2) is 4.39 Å². The summed E-state index contributed by atoms with van der Waals surface area (Å²) in [6, 6.07) is 0. The Morgan fingerprint density at radius 3 is 2.64 bits per heavy atom. The first-order valence-electron chi connectivity index (χ1n) is 7.77. The molecule has 2 saturated heterocycles. The highest BCUT2D eigenvalue weighted by molar-refractivity contribution is 8.01. The van der Waals surface area contributed by atoms with Crippen LogP contribution in [0.4, 0.5) is 4.39 Å². The molecule has 2 amide bonds. The number of hydrogen-bond donors (Lipinski definition) is 0. The highest BCUT2D eigenvalue weighted by Crippen LogP contribution is 2.47. The lowest BCUT2D eigenvalue weighted by Crippen LogP contribution is -2.62. The van der Waals surface area contributed by atoms with Gasteiger partial charge < -0.3 is 14.5 Å². The molecule has 22 heavy (non-hydrogen) atoms. The zero-order valence-corrected chi connectivity index (χ0v) is 13.9. The molecule has 5 nitrogen and oxygen atoms in total. The lowest BCUT2D eigenvalue weighted by Gasteiger charge is -2.49. The van der Waals surface area contributed by atoms with Crippen LogP contribution in [0.2, 0.25) is 0 Å². The van der Waals surface area contributed by atoms with E-state index < -0.39 is 6.17 Å². The predicted octanol–water partition coefficient (Wildman–Crippen LogP) is 0.926. The molecule has 124 valence electrons. The van der Waals surface area contributed by atoms with Crippen LogP contribution in [0, 0.1) is 5.92 Å². The van der Waals surface area contributed by atoms with Crippen molar-refractivity contribution in [1.82, 2.24) is 9.80 Å². The van der Waals surface area contributed by atoms with E-state index in [-0.39, 0.29) is 35.2 Å². The molecule has 3 rings (SSSR count). The zero-order valence-electron chi connectivity index (χ0n) is 13.1. The molecule has 0 aromatic rings. The van der Waals surface area contributed by atoms with Gasteiger partial charge in [-0.3, -0.25) is 9.59 Å². The average molecular weight is 330 g/mol. The summed E-state index contributed by atoms with van der Waals surface area (Å²) in [5.74, 6) is 0.872. The highest BCUT2D eigenvalue weighted by Gasteiger charge is 2.52. The van der Waals surface area contributed by atoms with Gasteiger partial charge in [0.15, 0.2) is 0 Å². The lowest BCUT2D eigenvalue weighted by atomic mass is 9.80. The molecule has 0 bridgehead atoms. The number of hydrogen-bond acceptors (Lipinski definition) is 4. The van der Waals surface area contributed by atoms with Crippen LogP contribution in [-0.2, 0) is 14.3 Å². The maximum absolute atomic E-state index is 12.8. The van der Waals surface area contributed by atoms with Gasteiger partial charge in [0.05, 0.1) is 10.9 Å². The first-order valence-corrected chi connectivity index (χ1v) is 8.76. The molecular weight excluding hydrogens is 307 g/mol. The standard InChI is InChI=1S/C15H23FN2O3S/c1-17(2)13(19)6-21-12-5-15(22-7-12)8-18(9-15)14(20)10-3-11(16)4-10/h10-12H,3-9H2,1-2H3. The van der Waals surface area contributed by atoms with E-state index in [0.717, 1.165) is 25.3 Å². The minimum Gasteiger partial charge on any atom is -0.367 e. The highest BCUT2D eigenvalue weighted by atomic mass is 32.2. The molecule has 0 aromatic carbocycles. The second kappa shape index (κ2) is 6.00. The number of rotatable bonds is 4. The van der Waals surface area contributed by atoms with Crippen LogP contribution < -0.4 is 0 Å². The van der Waals surface area contributed by atoms with Crippen molar-refractivity contribution < 1.29 is 18.7 Å². The van der Waals surface area contributed by atoms with Crippen LogP contribution in [0.5, 0.6) is 0 Å². The SMILES string of the molecule is CN(C)C(=O)COC1CSC2(C1)CN(C(=O)C1CC(F)C1)C2. The Kier molecular flexibility index (Phi) is 4.38. The first kappa shape index (κ1) is 16.1. The number of amides is 2. The molecule has 7 heteroatoms. The number of likely N-dealkylation sites (tertiary alicyclic amines) is 1. The number of halogens is 1. The summed E-state index contributed by atoms with van der Waals surface area (Å²) in [6.45, 7) is 1.60. The van der Waals surface area contributed by atoms with E-state index in [1.54, 1.807) is 14.1 Å². The molecule has 2 heterocycles. The van der Waals surface area contributed by atoms with Crippen molar-refractivity contribution in [2.45, 2.75) is 36.3 Å². The van der Waals surface area contributed by atoms with Crippen LogP contribution in [0.25, 0.3) is 0 Å². The smallest absolute Gasteiger partial charge is 0.248 e. The predicted molar refractivity (Wildman–Crippen MR) is 82.4 cm³/mol. The van der Waals surface area contributed by atoms with Crippen molar-refractivity contribution in [1.29, 1.82) is 0 Å². The summed E-state index contributed by atoms with van der Waals surface area (Å²) in [5.41, 5.74) is 0.